The molecule has 0 aliphatic rings. The molecule has 2 aromatic carbocycles. The summed E-state index contributed by atoms with van der Waals surface area (Å²) in [6.07, 6.45) is 5.79. The number of halogens is 2. The first-order chi connectivity index (χ1) is 44.5. The van der Waals surface area contributed by atoms with Gasteiger partial charge in [-0.25, -0.2) is 25.4 Å². The summed E-state index contributed by atoms with van der Waals surface area (Å²) in [6, 6.07) is 21.8. The molecule has 2 atom stereocenters. The highest BCUT2D eigenvalue weighted by molar-refractivity contribution is 7.93. The average Bonchev–Trinajstić information content (AvgIpc) is 1.54. The number of hydrogen-bond donors (Lipinski definition) is 0. The van der Waals surface area contributed by atoms with Crippen molar-refractivity contribution in [3.05, 3.63) is 130 Å². The highest BCUT2D eigenvalue weighted by atomic mass is 35.5. The van der Waals surface area contributed by atoms with Crippen LogP contribution in [0.2, 0.25) is 61.4 Å². The number of carbonyl (C=O) groups excluding carboxylic acids is 2. The number of benzene rings is 2. The van der Waals surface area contributed by atoms with Gasteiger partial charge in [0.2, 0.25) is 43.6 Å². The van der Waals surface area contributed by atoms with Gasteiger partial charge in [0.1, 0.15) is 34.4 Å². The molecule has 94 heavy (non-hydrogen) atoms. The maximum Gasteiger partial charge on any atom is 0.255 e. The monoisotopic (exact) mass is 1400 g/mol. The Labute approximate surface area is 563 Å². The third kappa shape index (κ3) is 16.8. The highest BCUT2D eigenvalue weighted by Gasteiger charge is 2.40. The first-order valence-corrected chi connectivity index (χ1v) is 42.0. The van der Waals surface area contributed by atoms with Gasteiger partial charge in [-0.15, -0.1) is 20.4 Å². The molecule has 0 radical (unpaired) electrons. The summed E-state index contributed by atoms with van der Waals surface area (Å²) in [7, 11) is -5.80. The molecule has 508 valence electrons. The van der Waals surface area contributed by atoms with Crippen LogP contribution in [0, 0.1) is 0 Å². The molecule has 0 saturated heterocycles. The normalized spacial score (nSPS) is 12.5. The average molecular weight is 1410 g/mol. The summed E-state index contributed by atoms with van der Waals surface area (Å²) in [6.45, 7) is 26.0. The van der Waals surface area contributed by atoms with Crippen LogP contribution in [0.4, 0.5) is 11.9 Å². The van der Waals surface area contributed by atoms with Crippen molar-refractivity contribution in [1.29, 1.82) is 0 Å². The van der Waals surface area contributed by atoms with Gasteiger partial charge in [-0.3, -0.25) is 28.7 Å². The number of furan rings is 2. The van der Waals surface area contributed by atoms with Crippen LogP contribution in [-0.2, 0) is 32.9 Å². The first-order valence-electron chi connectivity index (χ1n) is 30.9. The summed E-state index contributed by atoms with van der Waals surface area (Å²) >= 11 is 12.5. The fraction of sp³-hybridized carbons (Fsp3) is 0.438. The minimum atomic E-state index is -4.16. The Balaban J connectivity index is 0.000000266. The van der Waals surface area contributed by atoms with E-state index in [9.17, 15) is 26.4 Å². The predicted molar refractivity (Wildman–Crippen MR) is 372 cm³/mol. The van der Waals surface area contributed by atoms with Crippen molar-refractivity contribution in [1.82, 2.24) is 49.3 Å². The zero-order chi connectivity index (χ0) is 69.0. The summed E-state index contributed by atoms with van der Waals surface area (Å²) in [5.41, 5.74) is 2.07. The molecule has 8 aromatic rings. The van der Waals surface area contributed by atoms with Crippen molar-refractivity contribution < 1.29 is 54.2 Å². The summed E-state index contributed by atoms with van der Waals surface area (Å²) in [5.74, 6) is 2.52. The number of methoxy groups -OCH3 is 4. The van der Waals surface area contributed by atoms with E-state index in [1.807, 2.05) is 27.7 Å². The molecule has 0 aliphatic carbocycles. The molecule has 6 aromatic heterocycles. The Morgan fingerprint density at radius 1 is 0.532 bits per heavy atom. The van der Waals surface area contributed by atoms with Crippen molar-refractivity contribution in [2.45, 2.75) is 116 Å². The van der Waals surface area contributed by atoms with Crippen molar-refractivity contribution in [2.24, 2.45) is 0 Å². The van der Waals surface area contributed by atoms with Crippen LogP contribution in [-0.4, -0.2) is 172 Å². The Hall–Kier alpha value is -7.77. The second-order valence-electron chi connectivity index (χ2n) is 24.4. The molecule has 0 fully saturated rings. The molecule has 0 saturated carbocycles. The number of pyridine rings is 2. The van der Waals surface area contributed by atoms with Gasteiger partial charge < -0.3 is 37.6 Å². The molecular formula is C64H86Cl2N12O12S2Si2. The summed E-state index contributed by atoms with van der Waals surface area (Å²) < 4.78 is 99.2. The SMILES string of the molecule is CCN(CC)C(=O)c1cc(Cl)cnc1C[C@@H](C)S(=O)(=O)N(CC[Si](C)(C)C)c1nnc(-c2ccco2)n1-c1c(OC)cccc1OC.CCN(CC)C(=O)c1cc(Cl)cnc1C[C@H](C)S(=O)(=O)N(CC[Si](C)(C)C)c1nnc(-c2ccco2)n1-c1c(OC)cccc1OC. The van der Waals surface area contributed by atoms with Gasteiger partial charge in [0.15, 0.2) is 11.5 Å². The maximum atomic E-state index is 14.8. The lowest BCUT2D eigenvalue weighted by molar-refractivity contribution is 0.0763. The highest BCUT2D eigenvalue weighted by Crippen LogP contribution is 2.42. The standard InChI is InChI=1S/2C32H43ClN6O6SSi/c2*1-9-37(10-2)31(40)24-20-23(33)21-34-25(24)19-22(3)46(41,42)38(16-18-47(6,7)8)32-36-35-30(28-15-12-17-45-28)39(32)29-26(43-4)13-11-14-27(29)44-5/h2*11-15,17,20-22H,9-10,16,18-19H2,1-8H3/t2*22-/m10/s1. The van der Waals surface area contributed by atoms with Crippen molar-refractivity contribution in [3.63, 3.8) is 0 Å². The van der Waals surface area contributed by atoms with Gasteiger partial charge >= 0.3 is 0 Å². The lowest BCUT2D eigenvalue weighted by atomic mass is 10.1. The Kier molecular flexibility index (Phi) is 24.8. The van der Waals surface area contributed by atoms with Gasteiger partial charge in [-0.1, -0.05) is 74.6 Å². The third-order valence-electron chi connectivity index (χ3n) is 15.6. The maximum absolute atomic E-state index is 14.8. The smallest absolute Gasteiger partial charge is 0.255 e. The van der Waals surface area contributed by atoms with Crippen LogP contribution in [0.25, 0.3) is 34.5 Å². The summed E-state index contributed by atoms with van der Waals surface area (Å²) in [5, 5.41) is 16.3. The predicted octanol–water partition coefficient (Wildman–Crippen LogP) is 12.4. The zero-order valence-electron chi connectivity index (χ0n) is 56.3. The van der Waals surface area contributed by atoms with E-state index in [2.05, 4.69) is 69.6 Å². The number of aromatic nitrogens is 8. The molecular weight excluding hydrogens is 1320 g/mol. The molecule has 0 aliphatic heterocycles. The molecule has 6 heterocycles. The third-order valence-corrected chi connectivity index (χ3v) is 23.8. The van der Waals surface area contributed by atoms with E-state index in [1.165, 1.54) is 62.0 Å². The molecule has 30 heteroatoms. The van der Waals surface area contributed by atoms with Gasteiger partial charge in [-0.05, 0) is 114 Å². The van der Waals surface area contributed by atoms with Crippen molar-refractivity contribution >= 4 is 83.1 Å². The van der Waals surface area contributed by atoms with Crippen LogP contribution in [0.5, 0.6) is 23.0 Å². The van der Waals surface area contributed by atoms with Gasteiger partial charge in [0.05, 0.1) is 84.0 Å². The number of nitrogens with zero attached hydrogens (tertiary/aromatic N) is 12. The van der Waals surface area contributed by atoms with Crippen LogP contribution >= 0.6 is 23.2 Å². The number of para-hydroxylation sites is 2. The number of hydrogen-bond acceptors (Lipinski definition) is 18. The fourth-order valence-electron chi connectivity index (χ4n) is 10.3. The number of rotatable bonds is 30. The van der Waals surface area contributed by atoms with Gasteiger partial charge in [0, 0.05) is 80.7 Å². The lowest BCUT2D eigenvalue weighted by Gasteiger charge is -2.30. The first kappa shape index (κ1) is 73.6. The van der Waals surface area contributed by atoms with E-state index in [-0.39, 0.29) is 72.4 Å². The fourth-order valence-corrected chi connectivity index (χ4v) is 15.7. The molecule has 2 amide bonds. The van der Waals surface area contributed by atoms with E-state index in [0.717, 1.165) is 0 Å². The van der Waals surface area contributed by atoms with Gasteiger partial charge in [-0.2, -0.15) is 0 Å². The van der Waals surface area contributed by atoms with E-state index in [1.54, 1.807) is 106 Å². The molecule has 0 unspecified atom stereocenters. The molecule has 8 rings (SSSR count). The Bertz CT molecular complexity index is 3790. The molecule has 0 bridgehead atoms. The molecule has 0 spiro atoms. The van der Waals surface area contributed by atoms with Crippen LogP contribution < -0.4 is 27.6 Å². The van der Waals surface area contributed by atoms with Crippen LogP contribution in [0.1, 0.15) is 73.6 Å². The molecule has 24 nitrogen and oxygen atoms in total. The van der Waals surface area contributed by atoms with E-state index >= 15 is 0 Å². The molecule has 0 N–H and O–H groups in total. The van der Waals surface area contributed by atoms with E-state index in [0.29, 0.717) is 106 Å². The summed E-state index contributed by atoms with van der Waals surface area (Å²) in [4.78, 5) is 39.0. The second kappa shape index (κ2) is 31.6. The topological polar surface area (TPSA) is 266 Å². The Morgan fingerprint density at radius 3 is 1.14 bits per heavy atom. The van der Waals surface area contributed by atoms with Crippen molar-refractivity contribution in [2.75, 3.05) is 76.3 Å². The van der Waals surface area contributed by atoms with Crippen LogP contribution in [0.15, 0.2) is 107 Å². The number of sulfonamides is 2. The largest absolute Gasteiger partial charge is 0.494 e. The lowest BCUT2D eigenvalue weighted by Crippen LogP contribution is -2.43. The number of amides is 2. The zero-order valence-corrected chi connectivity index (χ0v) is 61.4. The van der Waals surface area contributed by atoms with E-state index in [4.69, 9.17) is 51.0 Å². The van der Waals surface area contributed by atoms with E-state index < -0.39 is 46.7 Å². The van der Waals surface area contributed by atoms with Crippen molar-refractivity contribution in [3.8, 4) is 57.5 Å². The quantitative estimate of drug-likeness (QED) is 0.0379. The second-order valence-corrected chi connectivity index (χ2v) is 41.1. The van der Waals surface area contributed by atoms with Crippen LogP contribution in [0.3, 0.4) is 0 Å². The minimum absolute atomic E-state index is 0.0392. The number of anilines is 2. The number of carbonyl (C=O) groups is 2. The Morgan fingerprint density at radius 2 is 0.862 bits per heavy atom. The minimum Gasteiger partial charge on any atom is -0.494 e. The number of ether oxygens (including phenoxy) is 4. The van der Waals surface area contributed by atoms with Gasteiger partial charge in [0.25, 0.3) is 11.8 Å².